The number of methoxy groups -OCH3 is 3. The molecule has 7 nitrogen and oxygen atoms in total. The van der Waals surface area contributed by atoms with Crippen LogP contribution >= 0.6 is 0 Å². The number of quaternary nitrogens is 1. The number of nitrogens with one attached hydrogen (secondary N) is 2. The van der Waals surface area contributed by atoms with E-state index in [1.165, 1.54) is 4.90 Å². The average Bonchev–Trinajstić information content (AvgIpc) is 2.79. The van der Waals surface area contributed by atoms with Gasteiger partial charge in [-0.25, -0.2) is 0 Å². The van der Waals surface area contributed by atoms with Crippen molar-refractivity contribution in [1.82, 2.24) is 5.32 Å². The predicted octanol–water partition coefficient (Wildman–Crippen LogP) is 1.10. The van der Waals surface area contributed by atoms with Crippen LogP contribution in [-0.4, -0.2) is 60.1 Å². The van der Waals surface area contributed by atoms with Crippen LogP contribution in [0.5, 0.6) is 17.2 Å². The van der Waals surface area contributed by atoms with E-state index < -0.39 is 0 Å². The Morgan fingerprint density at radius 3 is 2.28 bits per heavy atom. The van der Waals surface area contributed by atoms with Gasteiger partial charge in [-0.3, -0.25) is 4.79 Å². The van der Waals surface area contributed by atoms with Crippen LogP contribution in [0.25, 0.3) is 0 Å². The Morgan fingerprint density at radius 2 is 1.66 bits per heavy atom. The normalized spacial score (nSPS) is 15.4. The molecule has 0 aromatic heterocycles. The molecule has 0 bridgehead atoms. The van der Waals surface area contributed by atoms with Crippen molar-refractivity contribution in [3.05, 3.63) is 53.6 Å². The summed E-state index contributed by atoms with van der Waals surface area (Å²) in [6.45, 7) is 3.76. The van der Waals surface area contributed by atoms with Crippen LogP contribution in [0.15, 0.2) is 42.5 Å². The molecule has 3 rings (SSSR count). The highest BCUT2D eigenvalue weighted by Gasteiger charge is 2.27. The van der Waals surface area contributed by atoms with Crippen LogP contribution in [0.4, 0.5) is 0 Å². The Balaban J connectivity index is 1.76. The van der Waals surface area contributed by atoms with Crippen molar-refractivity contribution in [2.75, 3.05) is 54.2 Å². The highest BCUT2D eigenvalue weighted by molar-refractivity contribution is 5.97. The number of rotatable bonds is 8. The van der Waals surface area contributed by atoms with Gasteiger partial charge in [-0.15, -0.1) is 0 Å². The van der Waals surface area contributed by atoms with E-state index in [0.29, 0.717) is 23.6 Å². The minimum atomic E-state index is -0.171. The van der Waals surface area contributed by atoms with Gasteiger partial charge in [0.05, 0.1) is 46.7 Å². The third kappa shape index (κ3) is 5.19. The van der Waals surface area contributed by atoms with Gasteiger partial charge in [-0.05, 0) is 36.4 Å². The molecule has 2 aromatic rings. The summed E-state index contributed by atoms with van der Waals surface area (Å²) in [5, 5.41) is 3.08. The van der Waals surface area contributed by atoms with Crippen LogP contribution in [0, 0.1) is 0 Å². The molecule has 2 N–H and O–H groups in total. The van der Waals surface area contributed by atoms with Crippen molar-refractivity contribution in [3.8, 4) is 17.2 Å². The van der Waals surface area contributed by atoms with Crippen molar-refractivity contribution in [3.63, 3.8) is 0 Å². The smallest absolute Gasteiger partial charge is 0.255 e. The van der Waals surface area contributed by atoms with Crippen molar-refractivity contribution >= 4 is 5.91 Å². The maximum Gasteiger partial charge on any atom is 0.255 e. The molecule has 1 aliphatic rings. The summed E-state index contributed by atoms with van der Waals surface area (Å²) in [6.07, 6.45) is 0. The number of ether oxygens (including phenoxy) is 4. The lowest BCUT2D eigenvalue weighted by atomic mass is 10.0. The lowest BCUT2D eigenvalue weighted by Crippen LogP contribution is -3.15. The first-order valence-electron chi connectivity index (χ1n) is 9.72. The minimum absolute atomic E-state index is 0.123. The summed E-state index contributed by atoms with van der Waals surface area (Å²) < 4.78 is 21.4. The molecule has 0 unspecified atom stereocenters. The molecule has 1 heterocycles. The lowest BCUT2D eigenvalue weighted by Gasteiger charge is -2.32. The Labute approximate surface area is 171 Å². The van der Waals surface area contributed by atoms with E-state index >= 15 is 0 Å². The molecule has 1 aliphatic heterocycles. The monoisotopic (exact) mass is 401 g/mol. The Bertz CT molecular complexity index is 803. The van der Waals surface area contributed by atoms with Crippen LogP contribution in [0.1, 0.15) is 22.0 Å². The second-order valence-electron chi connectivity index (χ2n) is 6.87. The summed E-state index contributed by atoms with van der Waals surface area (Å²) in [7, 11) is 4.78. The quantitative estimate of drug-likeness (QED) is 0.693. The first-order chi connectivity index (χ1) is 14.2. The number of hydrogen-bond acceptors (Lipinski definition) is 5. The van der Waals surface area contributed by atoms with E-state index in [1.807, 2.05) is 12.1 Å². The first kappa shape index (κ1) is 21.0. The summed E-state index contributed by atoms with van der Waals surface area (Å²) in [5.41, 5.74) is 1.64. The zero-order valence-electron chi connectivity index (χ0n) is 17.2. The van der Waals surface area contributed by atoms with Crippen LogP contribution in [0.3, 0.4) is 0 Å². The number of benzene rings is 2. The third-order valence-electron chi connectivity index (χ3n) is 5.27. The highest BCUT2D eigenvalue weighted by Crippen LogP contribution is 2.24. The predicted molar refractivity (Wildman–Crippen MR) is 109 cm³/mol. The molecule has 0 radical (unpaired) electrons. The first-order valence-corrected chi connectivity index (χ1v) is 9.72. The third-order valence-corrected chi connectivity index (χ3v) is 5.27. The lowest BCUT2D eigenvalue weighted by molar-refractivity contribution is -0.937. The molecule has 1 atom stereocenters. The number of morpholine rings is 1. The van der Waals surface area contributed by atoms with Gasteiger partial charge in [0.25, 0.3) is 5.91 Å². The SMILES string of the molecule is COc1ccc([C@H](CNC(=O)c2ccc(OC)cc2OC)[NH+]2CCOCC2)cc1. The molecule has 29 heavy (non-hydrogen) atoms. The van der Waals surface area contributed by atoms with E-state index in [-0.39, 0.29) is 11.9 Å². The average molecular weight is 401 g/mol. The number of carbonyl (C=O) groups excluding carboxylic acids is 1. The molecule has 2 aromatic carbocycles. The van der Waals surface area contributed by atoms with Gasteiger partial charge < -0.3 is 29.2 Å². The molecule has 0 saturated carbocycles. The fourth-order valence-electron chi connectivity index (χ4n) is 3.59. The maximum absolute atomic E-state index is 12.9. The van der Waals surface area contributed by atoms with Crippen molar-refractivity contribution < 1.29 is 28.6 Å². The van der Waals surface area contributed by atoms with E-state index in [2.05, 4.69) is 17.4 Å². The minimum Gasteiger partial charge on any atom is -0.497 e. The number of carbonyl (C=O) groups is 1. The largest absolute Gasteiger partial charge is 0.497 e. The van der Waals surface area contributed by atoms with Crippen LogP contribution < -0.4 is 24.4 Å². The summed E-state index contributed by atoms with van der Waals surface area (Å²) in [5.74, 6) is 1.78. The van der Waals surface area contributed by atoms with Gasteiger partial charge in [0, 0.05) is 11.6 Å². The van der Waals surface area contributed by atoms with Crippen molar-refractivity contribution in [2.24, 2.45) is 0 Å². The molecule has 156 valence electrons. The second-order valence-corrected chi connectivity index (χ2v) is 6.87. The van der Waals surface area contributed by atoms with Gasteiger partial charge in [-0.1, -0.05) is 0 Å². The standard InChI is InChI=1S/C22H28N2O5/c1-26-17-6-4-16(5-7-17)20(24-10-12-29-13-11-24)15-23-22(25)19-9-8-18(27-2)14-21(19)28-3/h4-9,14,20H,10-13,15H2,1-3H3,(H,23,25)/p+1/t20-/m0/s1. The summed E-state index contributed by atoms with van der Waals surface area (Å²) >= 11 is 0. The molecule has 0 aliphatic carbocycles. The van der Waals surface area contributed by atoms with Gasteiger partial charge in [0.15, 0.2) is 0 Å². The maximum atomic E-state index is 12.9. The Kier molecular flexibility index (Phi) is 7.32. The van der Waals surface area contributed by atoms with Gasteiger partial charge in [0.1, 0.15) is 36.4 Å². The molecule has 1 fully saturated rings. The zero-order chi connectivity index (χ0) is 20.6. The topological polar surface area (TPSA) is 70.5 Å². The second kappa shape index (κ2) is 10.1. The fraction of sp³-hybridized carbons (Fsp3) is 0.409. The molecular weight excluding hydrogens is 372 g/mol. The van der Waals surface area contributed by atoms with Crippen LogP contribution in [0.2, 0.25) is 0 Å². The van der Waals surface area contributed by atoms with E-state index in [1.54, 1.807) is 39.5 Å². The molecule has 7 heteroatoms. The molecule has 1 saturated heterocycles. The number of amides is 1. The van der Waals surface area contributed by atoms with Gasteiger partial charge in [-0.2, -0.15) is 0 Å². The Morgan fingerprint density at radius 1 is 1.00 bits per heavy atom. The van der Waals surface area contributed by atoms with Crippen molar-refractivity contribution in [1.29, 1.82) is 0 Å². The van der Waals surface area contributed by atoms with E-state index in [0.717, 1.165) is 37.6 Å². The highest BCUT2D eigenvalue weighted by atomic mass is 16.5. The fourth-order valence-corrected chi connectivity index (χ4v) is 3.59. The zero-order valence-corrected chi connectivity index (χ0v) is 17.2. The van der Waals surface area contributed by atoms with E-state index in [4.69, 9.17) is 18.9 Å². The molecule has 1 amide bonds. The summed E-state index contributed by atoms with van der Waals surface area (Å²) in [6, 6.07) is 13.3. The molecular formula is C22H29N2O5+. The van der Waals surface area contributed by atoms with Crippen molar-refractivity contribution in [2.45, 2.75) is 6.04 Å². The summed E-state index contributed by atoms with van der Waals surface area (Å²) in [4.78, 5) is 14.2. The number of hydrogen-bond donors (Lipinski definition) is 2. The van der Waals surface area contributed by atoms with Gasteiger partial charge in [0.2, 0.25) is 0 Å². The van der Waals surface area contributed by atoms with Crippen LogP contribution in [-0.2, 0) is 4.74 Å². The van der Waals surface area contributed by atoms with E-state index in [9.17, 15) is 4.79 Å². The van der Waals surface area contributed by atoms with Gasteiger partial charge >= 0.3 is 0 Å². The molecule has 0 spiro atoms. The Hall–Kier alpha value is -2.77.